The molecule has 2 rings (SSSR count). The van der Waals surface area contributed by atoms with Crippen molar-refractivity contribution in [2.45, 2.75) is 37.6 Å². The van der Waals surface area contributed by atoms with Crippen LogP contribution in [0.2, 0.25) is 0 Å². The molecule has 112 valence electrons. The van der Waals surface area contributed by atoms with Gasteiger partial charge in [0.15, 0.2) is 0 Å². The minimum absolute atomic E-state index is 0.131. The smallest absolute Gasteiger partial charge is 0.243 e. The van der Waals surface area contributed by atoms with Crippen molar-refractivity contribution in [3.63, 3.8) is 0 Å². The van der Waals surface area contributed by atoms with E-state index in [0.29, 0.717) is 34.7 Å². The predicted octanol–water partition coefficient (Wildman–Crippen LogP) is 1.46. The average Bonchev–Trinajstić information content (AvgIpc) is 2.86. The molecule has 0 radical (unpaired) electrons. The molecule has 1 fully saturated rings. The van der Waals surface area contributed by atoms with Gasteiger partial charge < -0.3 is 9.84 Å². The first-order valence-corrected chi connectivity index (χ1v) is 8.13. The first-order chi connectivity index (χ1) is 9.41. The van der Waals surface area contributed by atoms with E-state index < -0.39 is 10.0 Å². The summed E-state index contributed by atoms with van der Waals surface area (Å²) in [6.45, 7) is 3.88. The molecule has 1 saturated heterocycles. The summed E-state index contributed by atoms with van der Waals surface area (Å²) in [5.74, 6) is 0.652. The number of nitrogens with zero attached hydrogens (tertiary/aromatic N) is 1. The molecule has 0 amide bonds. The highest BCUT2D eigenvalue weighted by Crippen LogP contribution is 2.31. The number of hydrogen-bond donors (Lipinski definition) is 1. The van der Waals surface area contributed by atoms with Crippen molar-refractivity contribution in [1.82, 2.24) is 4.31 Å². The van der Waals surface area contributed by atoms with Crippen LogP contribution in [-0.2, 0) is 10.0 Å². The third kappa shape index (κ3) is 2.55. The highest BCUT2D eigenvalue weighted by molar-refractivity contribution is 7.89. The molecule has 0 aliphatic carbocycles. The lowest BCUT2D eigenvalue weighted by Gasteiger charge is -2.24. The third-order valence-electron chi connectivity index (χ3n) is 3.77. The topological polar surface area (TPSA) is 66.8 Å². The molecule has 1 aromatic rings. The number of methoxy groups -OCH3 is 1. The molecule has 6 heteroatoms. The fraction of sp³-hybridized carbons (Fsp3) is 0.571. The van der Waals surface area contributed by atoms with Crippen LogP contribution in [-0.4, -0.2) is 44.1 Å². The van der Waals surface area contributed by atoms with Gasteiger partial charge in [-0.05, 0) is 49.9 Å². The Labute approximate surface area is 120 Å². The van der Waals surface area contributed by atoms with E-state index in [1.165, 1.54) is 4.31 Å². The van der Waals surface area contributed by atoms with Crippen LogP contribution in [0.5, 0.6) is 5.75 Å². The summed E-state index contributed by atoms with van der Waals surface area (Å²) < 4.78 is 32.2. The molecule has 0 unspecified atom stereocenters. The molecule has 5 nitrogen and oxygen atoms in total. The van der Waals surface area contributed by atoms with Gasteiger partial charge in [-0.2, -0.15) is 4.31 Å². The minimum atomic E-state index is -3.57. The van der Waals surface area contributed by atoms with E-state index in [1.807, 2.05) is 0 Å². The highest BCUT2D eigenvalue weighted by atomic mass is 32.2. The van der Waals surface area contributed by atoms with Crippen LogP contribution < -0.4 is 4.74 Å². The first-order valence-electron chi connectivity index (χ1n) is 6.69. The maximum Gasteiger partial charge on any atom is 0.243 e. The Morgan fingerprint density at radius 3 is 2.45 bits per heavy atom. The Hall–Kier alpha value is -1.11. The molecule has 1 N–H and O–H groups in total. The van der Waals surface area contributed by atoms with E-state index in [-0.39, 0.29) is 12.6 Å². The Morgan fingerprint density at radius 2 is 1.95 bits per heavy atom. The summed E-state index contributed by atoms with van der Waals surface area (Å²) in [5.41, 5.74) is 1.34. The lowest BCUT2D eigenvalue weighted by Crippen LogP contribution is -2.38. The van der Waals surface area contributed by atoms with Crippen LogP contribution in [0.15, 0.2) is 17.0 Å². The fourth-order valence-corrected chi connectivity index (χ4v) is 4.96. The van der Waals surface area contributed by atoms with Crippen LogP contribution in [0.25, 0.3) is 0 Å². The SMILES string of the molecule is COc1cc(C)c(S(=O)(=O)N2CCC[C@@H]2CO)c(C)c1. The molecular formula is C14H21NO4S. The summed E-state index contributed by atoms with van der Waals surface area (Å²) in [6.07, 6.45) is 1.50. The van der Waals surface area contributed by atoms with E-state index in [1.54, 1.807) is 33.1 Å². The number of benzene rings is 1. The largest absolute Gasteiger partial charge is 0.497 e. The van der Waals surface area contributed by atoms with Crippen molar-refractivity contribution in [2.24, 2.45) is 0 Å². The predicted molar refractivity (Wildman–Crippen MR) is 76.5 cm³/mol. The zero-order valence-corrected chi connectivity index (χ0v) is 12.9. The second-order valence-electron chi connectivity index (χ2n) is 5.18. The van der Waals surface area contributed by atoms with Crippen molar-refractivity contribution >= 4 is 10.0 Å². The molecule has 1 aliphatic heterocycles. The molecule has 1 atom stereocenters. The fourth-order valence-electron chi connectivity index (χ4n) is 2.86. The number of ether oxygens (including phenoxy) is 1. The number of hydrogen-bond acceptors (Lipinski definition) is 4. The van der Waals surface area contributed by atoms with E-state index in [4.69, 9.17) is 4.74 Å². The van der Waals surface area contributed by atoms with Crippen LogP contribution in [0, 0.1) is 13.8 Å². The number of aliphatic hydroxyl groups excluding tert-OH is 1. The zero-order valence-electron chi connectivity index (χ0n) is 12.1. The molecule has 0 bridgehead atoms. The second kappa shape index (κ2) is 5.71. The first kappa shape index (κ1) is 15.3. The quantitative estimate of drug-likeness (QED) is 0.914. The van der Waals surface area contributed by atoms with Crippen molar-refractivity contribution in [3.8, 4) is 5.75 Å². The van der Waals surface area contributed by atoms with Crippen molar-refractivity contribution in [2.75, 3.05) is 20.3 Å². The van der Waals surface area contributed by atoms with Gasteiger partial charge in [-0.1, -0.05) is 0 Å². The number of sulfonamides is 1. The molecular weight excluding hydrogens is 278 g/mol. The number of rotatable bonds is 4. The summed E-state index contributed by atoms with van der Waals surface area (Å²) in [7, 11) is -2.01. The Kier molecular flexibility index (Phi) is 4.36. The maximum absolute atomic E-state index is 12.8. The normalized spacial score (nSPS) is 20.3. The Balaban J connectivity index is 2.50. The van der Waals surface area contributed by atoms with E-state index >= 15 is 0 Å². The summed E-state index contributed by atoms with van der Waals surface area (Å²) in [5, 5.41) is 9.34. The summed E-state index contributed by atoms with van der Waals surface area (Å²) in [4.78, 5) is 0.332. The van der Waals surface area contributed by atoms with Gasteiger partial charge in [-0.3, -0.25) is 0 Å². The van der Waals surface area contributed by atoms with Gasteiger partial charge in [0, 0.05) is 12.6 Å². The summed E-state index contributed by atoms with van der Waals surface area (Å²) >= 11 is 0. The van der Waals surface area contributed by atoms with Crippen LogP contribution in [0.4, 0.5) is 0 Å². The van der Waals surface area contributed by atoms with Crippen molar-refractivity contribution in [1.29, 1.82) is 0 Å². The standard InChI is InChI=1S/C14H21NO4S/c1-10-7-13(19-3)8-11(2)14(10)20(17,18)15-6-4-5-12(15)9-16/h7-8,12,16H,4-6,9H2,1-3H3/t12-/m1/s1. The zero-order chi connectivity index (χ0) is 14.9. The van der Waals surface area contributed by atoms with Crippen LogP contribution in [0.1, 0.15) is 24.0 Å². The highest BCUT2D eigenvalue weighted by Gasteiger charge is 2.36. The molecule has 1 heterocycles. The maximum atomic E-state index is 12.8. The average molecular weight is 299 g/mol. The van der Waals surface area contributed by atoms with Gasteiger partial charge in [-0.25, -0.2) is 8.42 Å². The van der Waals surface area contributed by atoms with Gasteiger partial charge in [0.1, 0.15) is 5.75 Å². The van der Waals surface area contributed by atoms with E-state index in [2.05, 4.69) is 0 Å². The van der Waals surface area contributed by atoms with E-state index in [9.17, 15) is 13.5 Å². The van der Waals surface area contributed by atoms with E-state index in [0.717, 1.165) is 6.42 Å². The summed E-state index contributed by atoms with van der Waals surface area (Å²) in [6, 6.07) is 3.15. The second-order valence-corrected chi connectivity index (χ2v) is 7.01. The van der Waals surface area contributed by atoms with Crippen LogP contribution in [0.3, 0.4) is 0 Å². The van der Waals surface area contributed by atoms with Gasteiger partial charge in [0.2, 0.25) is 10.0 Å². The van der Waals surface area contributed by atoms with Gasteiger partial charge >= 0.3 is 0 Å². The Morgan fingerprint density at radius 1 is 1.35 bits per heavy atom. The molecule has 20 heavy (non-hydrogen) atoms. The van der Waals surface area contributed by atoms with Crippen molar-refractivity contribution in [3.05, 3.63) is 23.3 Å². The lowest BCUT2D eigenvalue weighted by molar-refractivity contribution is 0.213. The van der Waals surface area contributed by atoms with Crippen LogP contribution >= 0.6 is 0 Å². The minimum Gasteiger partial charge on any atom is -0.497 e. The number of aliphatic hydroxyl groups is 1. The van der Waals surface area contributed by atoms with Gasteiger partial charge in [0.05, 0.1) is 18.6 Å². The monoisotopic (exact) mass is 299 g/mol. The van der Waals surface area contributed by atoms with Gasteiger partial charge in [-0.15, -0.1) is 0 Å². The Bertz CT molecular complexity index is 574. The third-order valence-corrected chi connectivity index (χ3v) is 6.03. The number of aryl methyl sites for hydroxylation is 2. The lowest BCUT2D eigenvalue weighted by atomic mass is 10.1. The molecule has 0 aromatic heterocycles. The van der Waals surface area contributed by atoms with Gasteiger partial charge in [0.25, 0.3) is 0 Å². The molecule has 0 spiro atoms. The molecule has 1 aromatic carbocycles. The van der Waals surface area contributed by atoms with Crippen molar-refractivity contribution < 1.29 is 18.3 Å². The molecule has 1 aliphatic rings. The molecule has 0 saturated carbocycles.